The van der Waals surface area contributed by atoms with E-state index in [4.69, 9.17) is 4.42 Å². The molecule has 0 bridgehead atoms. The Morgan fingerprint density at radius 3 is 2.65 bits per heavy atom. The molecule has 3 N–H and O–H groups in total. The number of furan rings is 1. The maximum absolute atomic E-state index is 11.6. The number of nitrogens with one attached hydrogen (secondary N) is 2. The lowest BCUT2D eigenvalue weighted by Crippen LogP contribution is -2.44. The van der Waals surface area contributed by atoms with E-state index in [9.17, 15) is 14.7 Å². The highest BCUT2D eigenvalue weighted by molar-refractivity contribution is 6.35. The van der Waals surface area contributed by atoms with E-state index in [1.165, 1.54) is 0 Å². The Hall–Kier alpha value is -1.82. The molecule has 1 aliphatic rings. The normalized spacial score (nSPS) is 16.9. The third-order valence-corrected chi connectivity index (χ3v) is 3.44. The number of hydrogen-bond donors (Lipinski definition) is 3. The fourth-order valence-electron chi connectivity index (χ4n) is 2.32. The van der Waals surface area contributed by atoms with Crippen LogP contribution in [0.1, 0.15) is 43.3 Å². The van der Waals surface area contributed by atoms with Gasteiger partial charge in [-0.3, -0.25) is 9.59 Å². The highest BCUT2D eigenvalue weighted by atomic mass is 16.4. The summed E-state index contributed by atoms with van der Waals surface area (Å²) >= 11 is 0. The van der Waals surface area contributed by atoms with Crippen LogP contribution in [0, 0.1) is 6.92 Å². The van der Waals surface area contributed by atoms with Crippen molar-refractivity contribution < 1.29 is 19.1 Å². The van der Waals surface area contributed by atoms with Crippen LogP contribution in [0.2, 0.25) is 0 Å². The quantitative estimate of drug-likeness (QED) is 0.711. The summed E-state index contributed by atoms with van der Waals surface area (Å²) in [5, 5.41) is 14.9. The van der Waals surface area contributed by atoms with Crippen molar-refractivity contribution >= 4 is 11.8 Å². The molecule has 1 unspecified atom stereocenters. The molecule has 1 saturated carbocycles. The molecule has 0 saturated heterocycles. The topological polar surface area (TPSA) is 91.6 Å². The molecule has 20 heavy (non-hydrogen) atoms. The number of hydrogen-bond acceptors (Lipinski definition) is 4. The van der Waals surface area contributed by atoms with Gasteiger partial charge >= 0.3 is 11.8 Å². The number of aliphatic hydroxyl groups excluding tert-OH is 1. The molecule has 6 heteroatoms. The molecule has 2 rings (SSSR count). The van der Waals surface area contributed by atoms with E-state index < -0.39 is 17.9 Å². The van der Waals surface area contributed by atoms with Crippen molar-refractivity contribution in [2.75, 3.05) is 6.54 Å². The molecular formula is C14H20N2O4. The van der Waals surface area contributed by atoms with Gasteiger partial charge in [-0.15, -0.1) is 0 Å². The largest absolute Gasteiger partial charge is 0.464 e. The Morgan fingerprint density at radius 1 is 1.35 bits per heavy atom. The van der Waals surface area contributed by atoms with Gasteiger partial charge in [0.2, 0.25) is 0 Å². The fourth-order valence-corrected chi connectivity index (χ4v) is 2.32. The van der Waals surface area contributed by atoms with Crippen LogP contribution in [0.5, 0.6) is 0 Å². The second-order valence-corrected chi connectivity index (χ2v) is 5.13. The summed E-state index contributed by atoms with van der Waals surface area (Å²) in [5.41, 5.74) is 0. The summed E-state index contributed by atoms with van der Waals surface area (Å²) in [6.07, 6.45) is 3.07. The third kappa shape index (κ3) is 3.84. The molecular weight excluding hydrogens is 260 g/mol. The zero-order chi connectivity index (χ0) is 14.5. The molecule has 1 heterocycles. The maximum atomic E-state index is 11.6. The summed E-state index contributed by atoms with van der Waals surface area (Å²) in [4.78, 5) is 23.2. The number of carbonyl (C=O) groups excluding carboxylic acids is 2. The fraction of sp³-hybridized carbons (Fsp3) is 0.571. The molecule has 0 aliphatic heterocycles. The summed E-state index contributed by atoms with van der Waals surface area (Å²) in [5.74, 6) is -0.303. The van der Waals surface area contributed by atoms with Gasteiger partial charge in [0.1, 0.15) is 17.6 Å². The third-order valence-electron chi connectivity index (χ3n) is 3.44. The molecule has 1 atom stereocenters. The Balaban J connectivity index is 1.75. The van der Waals surface area contributed by atoms with Crippen LogP contribution in [-0.2, 0) is 9.59 Å². The van der Waals surface area contributed by atoms with Crippen molar-refractivity contribution in [3.8, 4) is 0 Å². The van der Waals surface area contributed by atoms with E-state index in [1.54, 1.807) is 19.1 Å². The first-order valence-corrected chi connectivity index (χ1v) is 6.89. The molecule has 1 aromatic heterocycles. The van der Waals surface area contributed by atoms with Crippen molar-refractivity contribution in [3.05, 3.63) is 23.7 Å². The molecule has 2 amide bonds. The van der Waals surface area contributed by atoms with E-state index in [0.29, 0.717) is 11.5 Å². The van der Waals surface area contributed by atoms with Gasteiger partial charge in [0.15, 0.2) is 0 Å². The number of carbonyl (C=O) groups is 2. The molecule has 0 spiro atoms. The average molecular weight is 280 g/mol. The van der Waals surface area contributed by atoms with Crippen LogP contribution in [0.3, 0.4) is 0 Å². The van der Waals surface area contributed by atoms with Crippen LogP contribution in [-0.4, -0.2) is 29.5 Å². The molecule has 1 aliphatic carbocycles. The van der Waals surface area contributed by atoms with Crippen molar-refractivity contribution in [2.24, 2.45) is 0 Å². The molecule has 1 fully saturated rings. The molecule has 1 aromatic rings. The standard InChI is InChI=1S/C14H20N2O4/c1-9-6-7-12(20-9)11(17)8-15-13(18)14(19)16-10-4-2-3-5-10/h6-7,10-11,17H,2-5,8H2,1H3,(H,15,18)(H,16,19). The van der Waals surface area contributed by atoms with Crippen molar-refractivity contribution in [3.63, 3.8) is 0 Å². The SMILES string of the molecule is Cc1ccc(C(O)CNC(=O)C(=O)NC2CCCC2)o1. The Morgan fingerprint density at radius 2 is 2.05 bits per heavy atom. The minimum atomic E-state index is -0.952. The predicted octanol–water partition coefficient (Wildman–Crippen LogP) is 0.796. The highest BCUT2D eigenvalue weighted by Gasteiger charge is 2.22. The average Bonchev–Trinajstić information content (AvgIpc) is 3.07. The number of aryl methyl sites for hydroxylation is 1. The first kappa shape index (κ1) is 14.6. The minimum Gasteiger partial charge on any atom is -0.464 e. The zero-order valence-electron chi connectivity index (χ0n) is 11.5. The predicted molar refractivity (Wildman–Crippen MR) is 71.8 cm³/mol. The summed E-state index contributed by atoms with van der Waals surface area (Å²) in [6, 6.07) is 3.48. The van der Waals surface area contributed by atoms with Gasteiger partial charge in [-0.1, -0.05) is 12.8 Å². The smallest absolute Gasteiger partial charge is 0.309 e. The first-order chi connectivity index (χ1) is 9.56. The molecule has 110 valence electrons. The van der Waals surface area contributed by atoms with Gasteiger partial charge in [-0.25, -0.2) is 0 Å². The lowest BCUT2D eigenvalue weighted by Gasteiger charge is -2.13. The lowest BCUT2D eigenvalue weighted by molar-refractivity contribution is -0.139. The number of amides is 2. The van der Waals surface area contributed by atoms with E-state index in [0.717, 1.165) is 25.7 Å². The van der Waals surface area contributed by atoms with Crippen LogP contribution < -0.4 is 10.6 Å². The number of rotatable bonds is 4. The molecule has 6 nitrogen and oxygen atoms in total. The molecule has 0 radical (unpaired) electrons. The monoisotopic (exact) mass is 280 g/mol. The van der Waals surface area contributed by atoms with Gasteiger partial charge in [-0.05, 0) is 31.9 Å². The van der Waals surface area contributed by atoms with Crippen LogP contribution >= 0.6 is 0 Å². The van der Waals surface area contributed by atoms with E-state index >= 15 is 0 Å². The van der Waals surface area contributed by atoms with Crippen LogP contribution in [0.25, 0.3) is 0 Å². The highest BCUT2D eigenvalue weighted by Crippen LogP contribution is 2.17. The zero-order valence-corrected chi connectivity index (χ0v) is 11.5. The Kier molecular flexibility index (Phi) is 4.79. The van der Waals surface area contributed by atoms with E-state index in [1.807, 2.05) is 0 Å². The Labute approximate surface area is 117 Å². The van der Waals surface area contributed by atoms with E-state index in [2.05, 4.69) is 10.6 Å². The second-order valence-electron chi connectivity index (χ2n) is 5.13. The first-order valence-electron chi connectivity index (χ1n) is 6.89. The summed E-state index contributed by atoms with van der Waals surface area (Å²) < 4.78 is 5.24. The van der Waals surface area contributed by atoms with Gasteiger partial charge in [0.05, 0.1) is 6.54 Å². The van der Waals surface area contributed by atoms with Crippen molar-refractivity contribution in [1.29, 1.82) is 0 Å². The molecule has 0 aromatic carbocycles. The van der Waals surface area contributed by atoms with Crippen molar-refractivity contribution in [2.45, 2.75) is 44.8 Å². The van der Waals surface area contributed by atoms with Crippen LogP contribution in [0.4, 0.5) is 0 Å². The van der Waals surface area contributed by atoms with E-state index in [-0.39, 0.29) is 12.6 Å². The van der Waals surface area contributed by atoms with Crippen molar-refractivity contribution in [1.82, 2.24) is 10.6 Å². The minimum absolute atomic E-state index is 0.0517. The summed E-state index contributed by atoms with van der Waals surface area (Å²) in [7, 11) is 0. The van der Waals surface area contributed by atoms with Gasteiger partial charge in [0.25, 0.3) is 0 Å². The second kappa shape index (κ2) is 6.56. The van der Waals surface area contributed by atoms with Gasteiger partial charge in [0, 0.05) is 6.04 Å². The van der Waals surface area contributed by atoms with Gasteiger partial charge < -0.3 is 20.2 Å². The maximum Gasteiger partial charge on any atom is 0.309 e. The van der Waals surface area contributed by atoms with Gasteiger partial charge in [-0.2, -0.15) is 0 Å². The lowest BCUT2D eigenvalue weighted by atomic mass is 10.2. The van der Waals surface area contributed by atoms with Crippen LogP contribution in [0.15, 0.2) is 16.5 Å². The number of aliphatic hydroxyl groups is 1. The summed E-state index contributed by atoms with van der Waals surface area (Å²) in [6.45, 7) is 1.72. The Bertz CT molecular complexity index is 477.